The lowest BCUT2D eigenvalue weighted by molar-refractivity contribution is 0.0937. The minimum absolute atomic E-state index is 0.0222. The van der Waals surface area contributed by atoms with Gasteiger partial charge < -0.3 is 15.8 Å². The van der Waals surface area contributed by atoms with E-state index < -0.39 is 0 Å². The Bertz CT molecular complexity index is 430. The Morgan fingerprint density at radius 2 is 2.25 bits per heavy atom. The summed E-state index contributed by atoms with van der Waals surface area (Å²) >= 11 is 0. The van der Waals surface area contributed by atoms with E-state index in [2.05, 4.69) is 5.32 Å². The molecule has 4 heteroatoms. The zero-order valence-corrected chi connectivity index (χ0v) is 11.9. The summed E-state index contributed by atoms with van der Waals surface area (Å²) in [6.45, 7) is 2.87. The molecule has 0 radical (unpaired) electrons. The molecular weight excluding hydrogens is 252 g/mol. The Labute approximate surface area is 120 Å². The van der Waals surface area contributed by atoms with Crippen molar-refractivity contribution in [3.05, 3.63) is 35.4 Å². The fraction of sp³-hybridized carbons (Fsp3) is 0.562. The zero-order valence-electron chi connectivity index (χ0n) is 11.9. The minimum atomic E-state index is -0.0222. The van der Waals surface area contributed by atoms with Crippen LogP contribution < -0.4 is 11.1 Å². The molecule has 20 heavy (non-hydrogen) atoms. The minimum Gasteiger partial charge on any atom is -0.381 e. The van der Waals surface area contributed by atoms with E-state index in [1.807, 2.05) is 24.3 Å². The van der Waals surface area contributed by atoms with Gasteiger partial charge in [-0.1, -0.05) is 12.1 Å². The zero-order chi connectivity index (χ0) is 14.2. The van der Waals surface area contributed by atoms with Crippen molar-refractivity contribution < 1.29 is 9.53 Å². The molecule has 0 spiro atoms. The van der Waals surface area contributed by atoms with Crippen molar-refractivity contribution in [2.24, 2.45) is 11.7 Å². The molecule has 1 aliphatic rings. The summed E-state index contributed by atoms with van der Waals surface area (Å²) < 4.78 is 5.53. The summed E-state index contributed by atoms with van der Waals surface area (Å²) in [5.74, 6) is 0.779. The Kier molecular flexibility index (Phi) is 6.02. The molecule has 4 nitrogen and oxygen atoms in total. The van der Waals surface area contributed by atoms with E-state index >= 15 is 0 Å². The highest BCUT2D eigenvalue weighted by Gasteiger charge is 2.20. The average molecular weight is 276 g/mol. The van der Waals surface area contributed by atoms with Crippen LogP contribution >= 0.6 is 0 Å². The quantitative estimate of drug-likeness (QED) is 0.675. The number of nitrogens with one attached hydrogen (secondary N) is 1. The summed E-state index contributed by atoms with van der Waals surface area (Å²) in [7, 11) is 0. The van der Waals surface area contributed by atoms with Gasteiger partial charge in [0.15, 0.2) is 0 Å². The smallest absolute Gasteiger partial charge is 0.251 e. The molecule has 1 saturated carbocycles. The van der Waals surface area contributed by atoms with Crippen LogP contribution in [0.1, 0.15) is 35.2 Å². The van der Waals surface area contributed by atoms with Crippen LogP contribution in [0, 0.1) is 5.92 Å². The van der Waals surface area contributed by atoms with E-state index in [4.69, 9.17) is 10.5 Å². The Morgan fingerprint density at radius 3 is 3.00 bits per heavy atom. The summed E-state index contributed by atoms with van der Waals surface area (Å²) in [6, 6.07) is 7.64. The normalized spacial score (nSPS) is 14.2. The highest BCUT2D eigenvalue weighted by Crippen LogP contribution is 2.28. The van der Waals surface area contributed by atoms with Crippen LogP contribution in [0.25, 0.3) is 0 Å². The molecule has 0 aromatic heterocycles. The van der Waals surface area contributed by atoms with Crippen LogP contribution in [0.2, 0.25) is 0 Å². The maximum atomic E-state index is 12.0. The molecule has 2 rings (SSSR count). The first-order valence-corrected chi connectivity index (χ1v) is 7.44. The van der Waals surface area contributed by atoms with Gasteiger partial charge in [0.1, 0.15) is 0 Å². The molecule has 1 fully saturated rings. The van der Waals surface area contributed by atoms with Gasteiger partial charge in [0.25, 0.3) is 5.91 Å². The van der Waals surface area contributed by atoms with Crippen molar-refractivity contribution in [1.82, 2.24) is 5.32 Å². The maximum absolute atomic E-state index is 12.0. The number of amides is 1. The molecule has 0 unspecified atom stereocenters. The Morgan fingerprint density at radius 1 is 1.40 bits per heavy atom. The molecule has 0 atom stereocenters. The Balaban J connectivity index is 1.64. The van der Waals surface area contributed by atoms with Gasteiger partial charge in [-0.05, 0) is 55.8 Å². The number of hydrogen-bond donors (Lipinski definition) is 2. The molecule has 1 aromatic carbocycles. The van der Waals surface area contributed by atoms with Gasteiger partial charge in [-0.15, -0.1) is 0 Å². The molecule has 0 aliphatic heterocycles. The third kappa shape index (κ3) is 5.31. The van der Waals surface area contributed by atoms with Gasteiger partial charge in [0.05, 0.1) is 0 Å². The lowest BCUT2D eigenvalue weighted by atomic mass is 10.1. The predicted molar refractivity (Wildman–Crippen MR) is 79.7 cm³/mol. The number of ether oxygens (including phenoxy) is 1. The number of nitrogens with two attached hydrogens (primary N) is 1. The number of carbonyl (C=O) groups is 1. The molecular formula is C16H24N2O2. The molecule has 1 aliphatic carbocycles. The first-order valence-electron chi connectivity index (χ1n) is 7.44. The SMILES string of the molecule is NCCc1cccc(C(=O)NCCCOCC2CC2)c1. The van der Waals surface area contributed by atoms with Crippen molar-refractivity contribution in [1.29, 1.82) is 0 Å². The molecule has 0 heterocycles. The highest BCUT2D eigenvalue weighted by atomic mass is 16.5. The van der Waals surface area contributed by atoms with Crippen LogP contribution in [0.5, 0.6) is 0 Å². The van der Waals surface area contributed by atoms with E-state index in [0.29, 0.717) is 18.7 Å². The third-order valence-corrected chi connectivity index (χ3v) is 3.42. The van der Waals surface area contributed by atoms with E-state index in [9.17, 15) is 4.79 Å². The summed E-state index contributed by atoms with van der Waals surface area (Å²) in [4.78, 5) is 12.0. The van der Waals surface area contributed by atoms with E-state index in [0.717, 1.165) is 37.5 Å². The summed E-state index contributed by atoms with van der Waals surface area (Å²) in [6.07, 6.45) is 4.29. The highest BCUT2D eigenvalue weighted by molar-refractivity contribution is 5.94. The second kappa shape index (κ2) is 8.02. The van der Waals surface area contributed by atoms with Crippen LogP contribution in [-0.2, 0) is 11.2 Å². The monoisotopic (exact) mass is 276 g/mol. The van der Waals surface area contributed by atoms with Crippen LogP contribution in [0.15, 0.2) is 24.3 Å². The molecule has 1 aromatic rings. The van der Waals surface area contributed by atoms with Crippen molar-refractivity contribution in [2.45, 2.75) is 25.7 Å². The van der Waals surface area contributed by atoms with Crippen molar-refractivity contribution in [3.63, 3.8) is 0 Å². The summed E-state index contributed by atoms with van der Waals surface area (Å²) in [5.41, 5.74) is 7.33. The average Bonchev–Trinajstić information content (AvgIpc) is 3.27. The molecule has 110 valence electrons. The van der Waals surface area contributed by atoms with Gasteiger partial charge in [-0.25, -0.2) is 0 Å². The second-order valence-corrected chi connectivity index (χ2v) is 5.37. The Hall–Kier alpha value is -1.39. The number of carbonyl (C=O) groups excluding carboxylic acids is 1. The van der Waals surface area contributed by atoms with Gasteiger partial charge >= 0.3 is 0 Å². The number of benzene rings is 1. The van der Waals surface area contributed by atoms with Gasteiger partial charge in [-0.2, -0.15) is 0 Å². The number of rotatable bonds is 9. The van der Waals surface area contributed by atoms with E-state index in [-0.39, 0.29) is 5.91 Å². The van der Waals surface area contributed by atoms with Crippen LogP contribution in [-0.4, -0.2) is 32.2 Å². The molecule has 0 bridgehead atoms. The van der Waals surface area contributed by atoms with E-state index in [1.165, 1.54) is 12.8 Å². The fourth-order valence-corrected chi connectivity index (χ4v) is 2.05. The van der Waals surface area contributed by atoms with Crippen molar-refractivity contribution >= 4 is 5.91 Å². The summed E-state index contributed by atoms with van der Waals surface area (Å²) in [5, 5.41) is 2.92. The molecule has 1 amide bonds. The van der Waals surface area contributed by atoms with Crippen molar-refractivity contribution in [2.75, 3.05) is 26.3 Å². The van der Waals surface area contributed by atoms with E-state index in [1.54, 1.807) is 0 Å². The predicted octanol–water partition coefficient (Wildman–Crippen LogP) is 1.73. The number of hydrogen-bond acceptors (Lipinski definition) is 3. The maximum Gasteiger partial charge on any atom is 0.251 e. The third-order valence-electron chi connectivity index (χ3n) is 3.42. The van der Waals surface area contributed by atoms with Crippen LogP contribution in [0.3, 0.4) is 0 Å². The molecule has 0 saturated heterocycles. The topological polar surface area (TPSA) is 64.4 Å². The fourth-order valence-electron chi connectivity index (χ4n) is 2.05. The largest absolute Gasteiger partial charge is 0.381 e. The van der Waals surface area contributed by atoms with Crippen LogP contribution in [0.4, 0.5) is 0 Å². The lowest BCUT2D eigenvalue weighted by Crippen LogP contribution is -2.25. The van der Waals surface area contributed by atoms with Gasteiger partial charge in [-0.3, -0.25) is 4.79 Å². The van der Waals surface area contributed by atoms with Crippen molar-refractivity contribution in [3.8, 4) is 0 Å². The first-order chi connectivity index (χ1) is 9.79. The standard InChI is InChI=1S/C16H24N2O2/c17-8-7-13-3-1-4-15(11-13)16(19)18-9-2-10-20-12-14-5-6-14/h1,3-4,11,14H,2,5-10,12,17H2,(H,18,19). The molecule has 3 N–H and O–H groups in total. The second-order valence-electron chi connectivity index (χ2n) is 5.37. The van der Waals surface area contributed by atoms with Gasteiger partial charge in [0, 0.05) is 25.3 Å². The first kappa shape index (κ1) is 15.0. The van der Waals surface area contributed by atoms with Gasteiger partial charge in [0.2, 0.25) is 0 Å². The lowest BCUT2D eigenvalue weighted by Gasteiger charge is -2.07.